The van der Waals surface area contributed by atoms with Crippen LogP contribution in [0.1, 0.15) is 35.9 Å². The lowest BCUT2D eigenvalue weighted by Crippen LogP contribution is -2.15. The maximum atomic E-state index is 10.6. The van der Waals surface area contributed by atoms with Crippen LogP contribution in [0.15, 0.2) is 6.20 Å². The quantitative estimate of drug-likeness (QED) is 0.809. The van der Waals surface area contributed by atoms with Crippen molar-refractivity contribution in [1.82, 2.24) is 4.98 Å². The van der Waals surface area contributed by atoms with Crippen LogP contribution in [0.2, 0.25) is 0 Å². The maximum absolute atomic E-state index is 10.6. The molecule has 0 aliphatic heterocycles. The van der Waals surface area contributed by atoms with E-state index in [1.54, 1.807) is 0 Å². The van der Waals surface area contributed by atoms with Gasteiger partial charge in [-0.2, -0.15) is 0 Å². The summed E-state index contributed by atoms with van der Waals surface area (Å²) in [4.78, 5) is 15.0. The van der Waals surface area contributed by atoms with Gasteiger partial charge in [0.25, 0.3) is 0 Å². The maximum Gasteiger partial charge on any atom is 0.347 e. The first-order chi connectivity index (χ1) is 7.15. The van der Waals surface area contributed by atoms with Crippen LogP contribution in [0.5, 0.6) is 0 Å². The highest BCUT2D eigenvalue weighted by Crippen LogP contribution is 2.34. The van der Waals surface area contributed by atoms with E-state index in [9.17, 15) is 4.79 Å². The largest absolute Gasteiger partial charge is 0.477 e. The molecule has 0 saturated heterocycles. The first kappa shape index (κ1) is 10.4. The van der Waals surface area contributed by atoms with E-state index in [2.05, 4.69) is 17.2 Å². The number of anilines is 1. The van der Waals surface area contributed by atoms with Crippen LogP contribution in [0.25, 0.3) is 0 Å². The zero-order chi connectivity index (χ0) is 10.8. The Bertz CT molecular complexity index is 360. The summed E-state index contributed by atoms with van der Waals surface area (Å²) in [5, 5.41) is 12.7. The van der Waals surface area contributed by atoms with Crippen molar-refractivity contribution < 1.29 is 9.90 Å². The van der Waals surface area contributed by atoms with E-state index in [0.717, 1.165) is 12.3 Å². The van der Waals surface area contributed by atoms with Gasteiger partial charge in [-0.1, -0.05) is 24.2 Å². The molecule has 5 heteroatoms. The molecule has 1 aromatic rings. The summed E-state index contributed by atoms with van der Waals surface area (Å²) in [6, 6.07) is 0.380. The molecular formula is C10H14N2O2S. The van der Waals surface area contributed by atoms with Crippen molar-refractivity contribution in [2.45, 2.75) is 32.2 Å². The number of rotatable bonds is 5. The van der Waals surface area contributed by atoms with E-state index in [1.807, 2.05) is 0 Å². The molecule has 0 amide bonds. The van der Waals surface area contributed by atoms with E-state index >= 15 is 0 Å². The van der Waals surface area contributed by atoms with Gasteiger partial charge in [-0.15, -0.1) is 0 Å². The minimum atomic E-state index is -0.907. The third kappa shape index (κ3) is 2.92. The van der Waals surface area contributed by atoms with Gasteiger partial charge in [-0.05, 0) is 19.3 Å². The van der Waals surface area contributed by atoms with E-state index in [-0.39, 0.29) is 4.88 Å². The van der Waals surface area contributed by atoms with Crippen molar-refractivity contribution >= 4 is 22.4 Å². The highest BCUT2D eigenvalue weighted by Gasteiger charge is 2.23. The summed E-state index contributed by atoms with van der Waals surface area (Å²) in [6.07, 6.45) is 5.23. The Morgan fingerprint density at radius 1 is 1.80 bits per heavy atom. The van der Waals surface area contributed by atoms with Crippen LogP contribution in [-0.2, 0) is 0 Å². The fourth-order valence-corrected chi connectivity index (χ4v) is 2.33. The van der Waals surface area contributed by atoms with Gasteiger partial charge in [0.1, 0.15) is 4.88 Å². The zero-order valence-corrected chi connectivity index (χ0v) is 9.38. The van der Waals surface area contributed by atoms with Crippen molar-refractivity contribution in [3.63, 3.8) is 0 Å². The Kier molecular flexibility index (Phi) is 2.90. The minimum absolute atomic E-state index is 0.288. The highest BCUT2D eigenvalue weighted by molar-refractivity contribution is 7.17. The number of carbonyl (C=O) groups is 1. The standard InChI is InChI=1S/C10H14N2O2S/c1-6(4-7-2-3-7)12-10-11-5-8(15-10)9(13)14/h5-7H,2-4H2,1H3,(H,11,12)(H,13,14). The monoisotopic (exact) mass is 226 g/mol. The van der Waals surface area contributed by atoms with Gasteiger partial charge in [0.15, 0.2) is 5.13 Å². The second kappa shape index (κ2) is 4.18. The molecule has 2 rings (SSSR count). The lowest BCUT2D eigenvalue weighted by Gasteiger charge is -2.11. The molecule has 0 aromatic carbocycles. The van der Waals surface area contributed by atoms with Crippen molar-refractivity contribution in [2.24, 2.45) is 5.92 Å². The lowest BCUT2D eigenvalue weighted by molar-refractivity contribution is 0.0702. The van der Waals surface area contributed by atoms with Gasteiger partial charge < -0.3 is 10.4 Å². The molecule has 1 saturated carbocycles. The summed E-state index contributed by atoms with van der Waals surface area (Å²) < 4.78 is 0. The molecule has 82 valence electrons. The average Bonchev–Trinajstić information content (AvgIpc) is 2.82. The van der Waals surface area contributed by atoms with Gasteiger partial charge in [-0.3, -0.25) is 0 Å². The molecule has 0 spiro atoms. The molecule has 0 radical (unpaired) electrons. The summed E-state index contributed by atoms with van der Waals surface area (Å²) in [5.74, 6) is -0.0400. The van der Waals surface area contributed by atoms with Crippen LogP contribution < -0.4 is 5.32 Å². The van der Waals surface area contributed by atoms with Gasteiger partial charge in [0, 0.05) is 6.04 Å². The number of hydrogen-bond donors (Lipinski definition) is 2. The first-order valence-corrected chi connectivity index (χ1v) is 5.92. The van der Waals surface area contributed by atoms with Crippen molar-refractivity contribution in [2.75, 3.05) is 5.32 Å². The number of hydrogen-bond acceptors (Lipinski definition) is 4. The van der Waals surface area contributed by atoms with Gasteiger partial charge >= 0.3 is 5.97 Å². The second-order valence-electron chi connectivity index (χ2n) is 4.06. The fraction of sp³-hybridized carbons (Fsp3) is 0.600. The van der Waals surface area contributed by atoms with Crippen molar-refractivity contribution in [3.8, 4) is 0 Å². The Hall–Kier alpha value is -1.10. The number of carboxylic acid groups (broad SMARTS) is 1. The van der Waals surface area contributed by atoms with Crippen LogP contribution in [0.4, 0.5) is 5.13 Å². The molecule has 1 aliphatic carbocycles. The molecule has 4 nitrogen and oxygen atoms in total. The molecule has 1 heterocycles. The van der Waals surface area contributed by atoms with E-state index < -0.39 is 5.97 Å². The predicted molar refractivity (Wildman–Crippen MR) is 59.5 cm³/mol. The molecular weight excluding hydrogens is 212 g/mol. The molecule has 15 heavy (non-hydrogen) atoms. The normalized spacial score (nSPS) is 17.4. The van der Waals surface area contributed by atoms with E-state index in [1.165, 1.54) is 30.4 Å². The molecule has 1 unspecified atom stereocenters. The minimum Gasteiger partial charge on any atom is -0.477 e. The van der Waals surface area contributed by atoms with Crippen molar-refractivity contribution in [3.05, 3.63) is 11.1 Å². The SMILES string of the molecule is CC(CC1CC1)Nc1ncc(C(=O)O)s1. The number of nitrogens with zero attached hydrogens (tertiary/aromatic N) is 1. The summed E-state index contributed by atoms with van der Waals surface area (Å²) in [6.45, 7) is 2.11. The third-order valence-corrected chi connectivity index (χ3v) is 3.39. The Balaban J connectivity index is 1.88. The van der Waals surface area contributed by atoms with E-state index in [0.29, 0.717) is 11.2 Å². The summed E-state index contributed by atoms with van der Waals surface area (Å²) in [7, 11) is 0. The average molecular weight is 226 g/mol. The van der Waals surface area contributed by atoms with Gasteiger partial charge in [-0.25, -0.2) is 9.78 Å². The molecule has 0 bridgehead atoms. The lowest BCUT2D eigenvalue weighted by atomic mass is 10.2. The van der Waals surface area contributed by atoms with Crippen molar-refractivity contribution in [1.29, 1.82) is 0 Å². The molecule has 1 aliphatic rings. The number of nitrogens with one attached hydrogen (secondary N) is 1. The zero-order valence-electron chi connectivity index (χ0n) is 8.56. The Morgan fingerprint density at radius 3 is 3.07 bits per heavy atom. The van der Waals surface area contributed by atoms with Gasteiger partial charge in [0.2, 0.25) is 0 Å². The molecule has 1 aromatic heterocycles. The number of aromatic nitrogens is 1. The molecule has 1 atom stereocenters. The summed E-state index contributed by atoms with van der Waals surface area (Å²) in [5.41, 5.74) is 0. The van der Waals surface area contributed by atoms with Crippen LogP contribution in [0, 0.1) is 5.92 Å². The topological polar surface area (TPSA) is 62.2 Å². The number of aromatic carboxylic acids is 1. The Morgan fingerprint density at radius 2 is 2.53 bits per heavy atom. The predicted octanol–water partition coefficient (Wildman–Crippen LogP) is 2.44. The van der Waals surface area contributed by atoms with Gasteiger partial charge in [0.05, 0.1) is 6.20 Å². The van der Waals surface area contributed by atoms with Crippen LogP contribution in [-0.4, -0.2) is 22.1 Å². The molecule has 1 fully saturated rings. The second-order valence-corrected chi connectivity index (χ2v) is 5.09. The van der Waals surface area contributed by atoms with Crippen LogP contribution >= 0.6 is 11.3 Å². The fourth-order valence-electron chi connectivity index (χ4n) is 1.56. The van der Waals surface area contributed by atoms with E-state index in [4.69, 9.17) is 5.11 Å². The number of carboxylic acids is 1. The molecule has 2 N–H and O–H groups in total. The highest BCUT2D eigenvalue weighted by atomic mass is 32.1. The van der Waals surface area contributed by atoms with Crippen LogP contribution in [0.3, 0.4) is 0 Å². The third-order valence-electron chi connectivity index (χ3n) is 2.47. The Labute approximate surface area is 92.3 Å². The summed E-state index contributed by atoms with van der Waals surface area (Å²) >= 11 is 1.20. The smallest absolute Gasteiger partial charge is 0.347 e. The number of thiazole rings is 1. The first-order valence-electron chi connectivity index (χ1n) is 5.11.